The normalized spacial score (nSPS) is 11.6. The second-order valence-electron chi connectivity index (χ2n) is 7.70. The standard InChI is InChI=1S/C25H12ClF4IN4O2/c26-13-3-5-16(19(27)8-13)22-21(2-1-7-32-22)35-12-34-23(36)17-10-15(4-6-20(17)35)37-24-18(25(28,29)30)9-14(31)11-33-24/h1-12H. The van der Waals surface area contributed by atoms with Crippen molar-refractivity contribution < 1.29 is 22.3 Å². The van der Waals surface area contributed by atoms with E-state index in [9.17, 15) is 22.4 Å². The number of ether oxygens (including phenoxy) is 1. The fourth-order valence-electron chi connectivity index (χ4n) is 3.70. The number of benzene rings is 2. The molecule has 0 aliphatic carbocycles. The number of halogens is 6. The van der Waals surface area contributed by atoms with Crippen molar-refractivity contribution in [3.63, 3.8) is 0 Å². The van der Waals surface area contributed by atoms with Crippen LogP contribution in [-0.2, 0) is 6.18 Å². The van der Waals surface area contributed by atoms with E-state index in [4.69, 9.17) is 16.3 Å². The summed E-state index contributed by atoms with van der Waals surface area (Å²) in [6.45, 7) is 0. The Morgan fingerprint density at radius 3 is 2.57 bits per heavy atom. The third-order valence-corrected chi connectivity index (χ3v) is 6.14. The molecule has 3 aromatic heterocycles. The SMILES string of the molecule is O=c1ncn(-c2cccnc2-c2ccc(Cl)cc2F)c2ccc(Oc3ncc(I)cc3C(F)(F)F)cc12. The van der Waals surface area contributed by atoms with E-state index < -0.39 is 29.0 Å². The molecule has 0 unspecified atom stereocenters. The highest BCUT2D eigenvalue weighted by Crippen LogP contribution is 2.38. The molecule has 0 N–H and O–H groups in total. The number of fused-ring (bicyclic) bond motifs is 1. The highest BCUT2D eigenvalue weighted by atomic mass is 127. The van der Waals surface area contributed by atoms with Crippen LogP contribution in [0.2, 0.25) is 5.02 Å². The molecule has 5 rings (SSSR count). The Hall–Kier alpha value is -3.58. The minimum Gasteiger partial charge on any atom is -0.438 e. The maximum atomic E-state index is 14.7. The molecule has 0 bridgehead atoms. The first-order chi connectivity index (χ1) is 17.6. The Labute approximate surface area is 224 Å². The summed E-state index contributed by atoms with van der Waals surface area (Å²) >= 11 is 7.61. The van der Waals surface area contributed by atoms with E-state index in [1.807, 2.05) is 0 Å². The lowest BCUT2D eigenvalue weighted by molar-refractivity contribution is -0.138. The van der Waals surface area contributed by atoms with E-state index in [2.05, 4.69) is 15.0 Å². The van der Waals surface area contributed by atoms with E-state index in [0.29, 0.717) is 11.2 Å². The predicted molar refractivity (Wildman–Crippen MR) is 138 cm³/mol. The van der Waals surface area contributed by atoms with Gasteiger partial charge in [-0.1, -0.05) is 11.6 Å². The first kappa shape index (κ1) is 25.1. The molecule has 0 amide bonds. The highest BCUT2D eigenvalue weighted by molar-refractivity contribution is 14.1. The number of aromatic nitrogens is 4. The van der Waals surface area contributed by atoms with Crippen LogP contribution < -0.4 is 10.3 Å². The monoisotopic (exact) mass is 638 g/mol. The van der Waals surface area contributed by atoms with E-state index in [1.165, 1.54) is 53.6 Å². The van der Waals surface area contributed by atoms with E-state index >= 15 is 0 Å². The van der Waals surface area contributed by atoms with Crippen molar-refractivity contribution in [1.29, 1.82) is 0 Å². The zero-order valence-electron chi connectivity index (χ0n) is 18.3. The lowest BCUT2D eigenvalue weighted by Gasteiger charge is -2.16. The summed E-state index contributed by atoms with van der Waals surface area (Å²) in [5, 5.41) is 0.281. The fraction of sp³-hybridized carbons (Fsp3) is 0.0400. The highest BCUT2D eigenvalue weighted by Gasteiger charge is 2.36. The second-order valence-corrected chi connectivity index (χ2v) is 9.38. The van der Waals surface area contributed by atoms with Crippen molar-refractivity contribution in [3.05, 3.63) is 104 Å². The number of nitrogens with zero attached hydrogens (tertiary/aromatic N) is 4. The Morgan fingerprint density at radius 1 is 1.00 bits per heavy atom. The van der Waals surface area contributed by atoms with Crippen LogP contribution in [0.4, 0.5) is 17.6 Å². The van der Waals surface area contributed by atoms with Gasteiger partial charge in [0.05, 0.1) is 22.3 Å². The maximum absolute atomic E-state index is 14.7. The summed E-state index contributed by atoms with van der Waals surface area (Å²) in [5.74, 6) is -1.28. The quantitative estimate of drug-likeness (QED) is 0.156. The number of pyridine rings is 2. The lowest BCUT2D eigenvalue weighted by Crippen LogP contribution is -2.13. The van der Waals surface area contributed by atoms with Gasteiger partial charge in [0.1, 0.15) is 23.5 Å². The van der Waals surface area contributed by atoms with Crippen LogP contribution in [0.5, 0.6) is 11.6 Å². The van der Waals surface area contributed by atoms with Gasteiger partial charge >= 0.3 is 6.18 Å². The Bertz CT molecular complexity index is 1730. The molecule has 5 aromatic rings. The number of rotatable bonds is 4. The molecular formula is C25H12ClF4IN4O2. The molecule has 0 atom stereocenters. The van der Waals surface area contributed by atoms with Crippen LogP contribution in [0.15, 0.2) is 78.1 Å². The molecule has 0 aliphatic heterocycles. The van der Waals surface area contributed by atoms with Crippen molar-refractivity contribution in [1.82, 2.24) is 19.5 Å². The molecule has 2 aromatic carbocycles. The summed E-state index contributed by atoms with van der Waals surface area (Å²) in [7, 11) is 0. The summed E-state index contributed by atoms with van der Waals surface area (Å²) in [4.78, 5) is 24.6. The van der Waals surface area contributed by atoms with Crippen molar-refractivity contribution in [3.8, 4) is 28.6 Å². The van der Waals surface area contributed by atoms with Crippen LogP contribution in [0, 0.1) is 9.39 Å². The predicted octanol–water partition coefficient (Wildman–Crippen LogP) is 7.05. The van der Waals surface area contributed by atoms with Gasteiger partial charge in [0.15, 0.2) is 0 Å². The molecule has 0 saturated carbocycles. The van der Waals surface area contributed by atoms with Gasteiger partial charge in [-0.3, -0.25) is 14.3 Å². The first-order valence-electron chi connectivity index (χ1n) is 10.4. The first-order valence-corrected chi connectivity index (χ1v) is 11.9. The fourth-order valence-corrected chi connectivity index (χ4v) is 4.31. The third-order valence-electron chi connectivity index (χ3n) is 5.32. The third kappa shape index (κ3) is 5.01. The molecule has 0 radical (unpaired) electrons. The van der Waals surface area contributed by atoms with Crippen molar-refractivity contribution >= 4 is 45.1 Å². The molecule has 3 heterocycles. The van der Waals surface area contributed by atoms with Crippen LogP contribution in [0.25, 0.3) is 27.8 Å². The summed E-state index contributed by atoms with van der Waals surface area (Å²) < 4.78 is 62.4. The Morgan fingerprint density at radius 2 is 1.81 bits per heavy atom. The van der Waals surface area contributed by atoms with Gasteiger partial charge in [-0.2, -0.15) is 18.2 Å². The second kappa shape index (κ2) is 9.71. The number of hydrogen-bond acceptors (Lipinski definition) is 5. The maximum Gasteiger partial charge on any atom is 0.421 e. The zero-order valence-corrected chi connectivity index (χ0v) is 21.2. The van der Waals surface area contributed by atoms with E-state index in [-0.39, 0.29) is 31.0 Å². The van der Waals surface area contributed by atoms with Crippen LogP contribution in [-0.4, -0.2) is 19.5 Å². The van der Waals surface area contributed by atoms with Gasteiger partial charge in [-0.15, -0.1) is 0 Å². The van der Waals surface area contributed by atoms with Crippen molar-refractivity contribution in [2.45, 2.75) is 6.18 Å². The average Bonchev–Trinajstić information content (AvgIpc) is 2.85. The van der Waals surface area contributed by atoms with Gasteiger partial charge in [-0.05, 0) is 77.2 Å². The van der Waals surface area contributed by atoms with Crippen molar-refractivity contribution in [2.75, 3.05) is 0 Å². The minimum atomic E-state index is -4.69. The number of hydrogen-bond donors (Lipinski definition) is 0. The largest absolute Gasteiger partial charge is 0.438 e. The molecular weight excluding hydrogens is 627 g/mol. The summed E-state index contributed by atoms with van der Waals surface area (Å²) in [5.41, 5.74) is -0.478. The average molecular weight is 639 g/mol. The zero-order chi connectivity index (χ0) is 26.3. The number of alkyl halides is 3. The molecule has 12 heteroatoms. The van der Waals surface area contributed by atoms with E-state index in [1.54, 1.807) is 34.7 Å². The molecule has 186 valence electrons. The van der Waals surface area contributed by atoms with Crippen LogP contribution in [0.3, 0.4) is 0 Å². The molecule has 37 heavy (non-hydrogen) atoms. The molecule has 0 fully saturated rings. The summed E-state index contributed by atoms with van der Waals surface area (Å²) in [6.07, 6.45) is -0.700. The van der Waals surface area contributed by atoms with Gasteiger partial charge in [0.2, 0.25) is 5.88 Å². The van der Waals surface area contributed by atoms with Gasteiger partial charge < -0.3 is 4.74 Å². The van der Waals surface area contributed by atoms with Gasteiger partial charge in [0.25, 0.3) is 5.56 Å². The molecule has 0 saturated heterocycles. The lowest BCUT2D eigenvalue weighted by atomic mass is 10.1. The van der Waals surface area contributed by atoms with Crippen molar-refractivity contribution in [2.24, 2.45) is 0 Å². The molecule has 6 nitrogen and oxygen atoms in total. The molecule has 0 spiro atoms. The smallest absolute Gasteiger partial charge is 0.421 e. The summed E-state index contributed by atoms with van der Waals surface area (Å²) in [6, 6.07) is 12.6. The minimum absolute atomic E-state index is 0.0430. The van der Waals surface area contributed by atoms with Gasteiger partial charge in [0, 0.05) is 26.5 Å². The van der Waals surface area contributed by atoms with Crippen LogP contribution in [0.1, 0.15) is 5.56 Å². The van der Waals surface area contributed by atoms with E-state index in [0.717, 1.165) is 12.1 Å². The molecule has 0 aliphatic rings. The van der Waals surface area contributed by atoms with Gasteiger partial charge in [-0.25, -0.2) is 9.37 Å². The Balaban J connectivity index is 1.63. The van der Waals surface area contributed by atoms with Crippen LogP contribution >= 0.6 is 34.2 Å². The Kier molecular flexibility index (Phi) is 6.58. The topological polar surface area (TPSA) is 69.9 Å².